The molecule has 62 valence electrons. The van der Waals surface area contributed by atoms with Crippen LogP contribution >= 0.6 is 12.2 Å². The van der Waals surface area contributed by atoms with E-state index in [0.29, 0.717) is 6.42 Å². The van der Waals surface area contributed by atoms with Crippen LogP contribution < -0.4 is 0 Å². The summed E-state index contributed by atoms with van der Waals surface area (Å²) >= 11 is 4.66. The number of nitro groups is 1. The highest BCUT2D eigenvalue weighted by Crippen LogP contribution is 2.11. The molecule has 0 heterocycles. The summed E-state index contributed by atoms with van der Waals surface area (Å²) in [6.45, 7) is 0. The highest BCUT2D eigenvalue weighted by Gasteiger charge is 2.02. The maximum atomic E-state index is 10.2. The lowest BCUT2D eigenvalue weighted by atomic mass is 10.2. The topological polar surface area (TPSA) is 43.1 Å². The van der Waals surface area contributed by atoms with Crippen molar-refractivity contribution in [1.82, 2.24) is 0 Å². The first kappa shape index (κ1) is 8.80. The molecule has 1 aromatic rings. The molecule has 4 heteroatoms. The zero-order chi connectivity index (χ0) is 8.97. The molecule has 1 rings (SSSR count). The van der Waals surface area contributed by atoms with Crippen molar-refractivity contribution >= 4 is 23.3 Å². The molecule has 0 spiro atoms. The summed E-state index contributed by atoms with van der Waals surface area (Å²) < 4.78 is 0. The van der Waals surface area contributed by atoms with Gasteiger partial charge in [-0.2, -0.15) is 0 Å². The molecule has 0 amide bonds. The monoisotopic (exact) mass is 181 g/mol. The molecule has 3 nitrogen and oxygen atoms in total. The summed E-state index contributed by atoms with van der Waals surface area (Å²) in [6, 6.07) is 6.38. The van der Waals surface area contributed by atoms with E-state index in [1.54, 1.807) is 17.5 Å². The second-order valence-corrected chi connectivity index (χ2v) is 2.63. The lowest BCUT2D eigenvalue weighted by Crippen LogP contribution is -1.89. The number of nitrogens with zero attached hydrogens (tertiary/aromatic N) is 1. The molecule has 0 N–H and O–H groups in total. The zero-order valence-corrected chi connectivity index (χ0v) is 7.08. The van der Waals surface area contributed by atoms with Gasteiger partial charge in [0, 0.05) is 18.6 Å². The average molecular weight is 181 g/mol. The van der Waals surface area contributed by atoms with Gasteiger partial charge in [-0.15, -0.1) is 0 Å². The average Bonchev–Trinajstić information content (AvgIpc) is 2.06. The Morgan fingerprint density at radius 1 is 1.42 bits per heavy atom. The SMILES string of the molecule is O=[N+]([O-])c1ccc(CC=S)cc1. The first-order valence-electron chi connectivity index (χ1n) is 3.41. The summed E-state index contributed by atoms with van der Waals surface area (Å²) in [6.07, 6.45) is 0.674. The highest BCUT2D eigenvalue weighted by atomic mass is 32.1. The maximum absolute atomic E-state index is 10.2. The van der Waals surface area contributed by atoms with Gasteiger partial charge in [0.1, 0.15) is 0 Å². The number of non-ortho nitro benzene ring substituents is 1. The van der Waals surface area contributed by atoms with Crippen molar-refractivity contribution in [2.45, 2.75) is 6.42 Å². The minimum absolute atomic E-state index is 0.114. The standard InChI is InChI=1S/C8H7NO2S/c10-9(11)8-3-1-7(2-4-8)5-6-12/h1-4,6H,5H2. The van der Waals surface area contributed by atoms with E-state index in [9.17, 15) is 10.1 Å². The molecule has 0 aliphatic heterocycles. The molecule has 1 aromatic carbocycles. The van der Waals surface area contributed by atoms with E-state index in [1.165, 1.54) is 12.1 Å². The van der Waals surface area contributed by atoms with Crippen molar-refractivity contribution in [1.29, 1.82) is 0 Å². The molecule has 12 heavy (non-hydrogen) atoms. The second kappa shape index (κ2) is 3.92. The fourth-order valence-electron chi connectivity index (χ4n) is 0.850. The Labute approximate surface area is 75.2 Å². The zero-order valence-electron chi connectivity index (χ0n) is 6.27. The van der Waals surface area contributed by atoms with Crippen LogP contribution in [-0.2, 0) is 6.42 Å². The van der Waals surface area contributed by atoms with Gasteiger partial charge in [0.2, 0.25) is 0 Å². The largest absolute Gasteiger partial charge is 0.269 e. The Bertz CT molecular complexity index is 294. The Morgan fingerprint density at radius 2 is 2.00 bits per heavy atom. The minimum Gasteiger partial charge on any atom is -0.258 e. The molecule has 0 fully saturated rings. The van der Waals surface area contributed by atoms with Crippen LogP contribution in [-0.4, -0.2) is 10.3 Å². The van der Waals surface area contributed by atoms with Crippen LogP contribution in [0.25, 0.3) is 0 Å². The number of rotatable bonds is 3. The Morgan fingerprint density at radius 3 is 2.42 bits per heavy atom. The molecular weight excluding hydrogens is 174 g/mol. The first-order chi connectivity index (χ1) is 5.74. The van der Waals surface area contributed by atoms with Crippen molar-refractivity contribution in [2.24, 2.45) is 0 Å². The van der Waals surface area contributed by atoms with Crippen molar-refractivity contribution in [3.63, 3.8) is 0 Å². The van der Waals surface area contributed by atoms with E-state index in [4.69, 9.17) is 0 Å². The number of hydrogen-bond donors (Lipinski definition) is 0. The molecule has 0 saturated carbocycles. The summed E-state index contributed by atoms with van der Waals surface area (Å²) in [7, 11) is 0. The fraction of sp³-hybridized carbons (Fsp3) is 0.125. The second-order valence-electron chi connectivity index (χ2n) is 2.29. The van der Waals surface area contributed by atoms with Crippen LogP contribution in [0.1, 0.15) is 5.56 Å². The number of benzene rings is 1. The van der Waals surface area contributed by atoms with Gasteiger partial charge in [-0.05, 0) is 10.9 Å². The van der Waals surface area contributed by atoms with E-state index in [-0.39, 0.29) is 5.69 Å². The van der Waals surface area contributed by atoms with E-state index in [2.05, 4.69) is 12.2 Å². The van der Waals surface area contributed by atoms with Crippen molar-refractivity contribution < 1.29 is 4.92 Å². The van der Waals surface area contributed by atoms with Crippen LogP contribution in [0.3, 0.4) is 0 Å². The quantitative estimate of drug-likeness (QED) is 0.407. The lowest BCUT2D eigenvalue weighted by molar-refractivity contribution is -0.384. The molecule has 0 saturated heterocycles. The predicted octanol–water partition coefficient (Wildman–Crippen LogP) is 2.14. The third-order valence-corrected chi connectivity index (χ3v) is 1.63. The third kappa shape index (κ3) is 2.10. The van der Waals surface area contributed by atoms with Crippen molar-refractivity contribution in [3.8, 4) is 0 Å². The van der Waals surface area contributed by atoms with Gasteiger partial charge in [0.25, 0.3) is 5.69 Å². The van der Waals surface area contributed by atoms with Gasteiger partial charge < -0.3 is 0 Å². The van der Waals surface area contributed by atoms with Gasteiger partial charge in [0.15, 0.2) is 0 Å². The molecule has 0 aromatic heterocycles. The number of nitro benzene ring substituents is 1. The molecule has 0 bridgehead atoms. The molecule has 0 radical (unpaired) electrons. The smallest absolute Gasteiger partial charge is 0.258 e. The van der Waals surface area contributed by atoms with E-state index in [1.807, 2.05) is 0 Å². The summed E-state index contributed by atoms with van der Waals surface area (Å²) in [4.78, 5) is 9.83. The number of hydrogen-bond acceptors (Lipinski definition) is 3. The lowest BCUT2D eigenvalue weighted by Gasteiger charge is -1.94. The first-order valence-corrected chi connectivity index (χ1v) is 3.88. The Balaban J connectivity index is 2.85. The third-order valence-electron chi connectivity index (χ3n) is 1.47. The minimum atomic E-state index is -0.415. The van der Waals surface area contributed by atoms with E-state index in [0.717, 1.165) is 5.56 Å². The van der Waals surface area contributed by atoms with Gasteiger partial charge in [-0.3, -0.25) is 10.1 Å². The summed E-state index contributed by atoms with van der Waals surface area (Å²) in [5, 5.41) is 11.8. The van der Waals surface area contributed by atoms with Gasteiger partial charge in [0.05, 0.1) is 4.92 Å². The summed E-state index contributed by atoms with van der Waals surface area (Å²) in [5.74, 6) is 0. The van der Waals surface area contributed by atoms with Crippen LogP contribution in [0.15, 0.2) is 24.3 Å². The highest BCUT2D eigenvalue weighted by molar-refractivity contribution is 7.78. The fourth-order valence-corrected chi connectivity index (χ4v) is 1.04. The van der Waals surface area contributed by atoms with Gasteiger partial charge >= 0.3 is 0 Å². The number of thiocarbonyl (C=S) groups is 1. The normalized spacial score (nSPS) is 9.33. The van der Waals surface area contributed by atoms with E-state index < -0.39 is 4.92 Å². The van der Waals surface area contributed by atoms with Crippen molar-refractivity contribution in [2.75, 3.05) is 0 Å². The van der Waals surface area contributed by atoms with Gasteiger partial charge in [-0.25, -0.2) is 0 Å². The summed E-state index contributed by atoms with van der Waals surface area (Å²) in [5.41, 5.74) is 1.11. The van der Waals surface area contributed by atoms with E-state index >= 15 is 0 Å². The van der Waals surface area contributed by atoms with Gasteiger partial charge in [-0.1, -0.05) is 24.4 Å². The molecule has 0 unspecified atom stereocenters. The molecule has 0 atom stereocenters. The Kier molecular flexibility index (Phi) is 2.88. The van der Waals surface area contributed by atoms with Crippen LogP contribution in [0.5, 0.6) is 0 Å². The molecular formula is C8H7NO2S. The molecule has 0 aliphatic carbocycles. The Hall–Kier alpha value is -1.29. The van der Waals surface area contributed by atoms with Crippen LogP contribution in [0.4, 0.5) is 5.69 Å². The molecule has 0 aliphatic rings. The van der Waals surface area contributed by atoms with Crippen molar-refractivity contribution in [3.05, 3.63) is 39.9 Å². The maximum Gasteiger partial charge on any atom is 0.269 e. The predicted molar refractivity (Wildman–Crippen MR) is 50.5 cm³/mol. The van der Waals surface area contributed by atoms with Crippen LogP contribution in [0.2, 0.25) is 0 Å². The van der Waals surface area contributed by atoms with Crippen LogP contribution in [0, 0.1) is 10.1 Å².